The topological polar surface area (TPSA) is 55.8 Å². The lowest BCUT2D eigenvalue weighted by atomic mass is 9.94. The van der Waals surface area contributed by atoms with E-state index in [0.717, 1.165) is 0 Å². The second-order valence-electron chi connectivity index (χ2n) is 5.09. The molecule has 5 heteroatoms. The number of hydrogen-bond acceptors (Lipinski definition) is 3. The fourth-order valence-electron chi connectivity index (χ4n) is 2.36. The first-order valence-electron chi connectivity index (χ1n) is 7.36. The van der Waals surface area contributed by atoms with E-state index in [1.54, 1.807) is 25.3 Å². The molecular weight excluding hydrogens is 299 g/mol. The van der Waals surface area contributed by atoms with Crippen molar-refractivity contribution in [3.63, 3.8) is 0 Å². The van der Waals surface area contributed by atoms with Gasteiger partial charge in [0, 0.05) is 0 Å². The van der Waals surface area contributed by atoms with Gasteiger partial charge in [-0.3, -0.25) is 4.79 Å². The number of methoxy groups -OCH3 is 1. The maximum atomic E-state index is 13.3. The number of benzene rings is 2. The van der Waals surface area contributed by atoms with Crippen molar-refractivity contribution in [3.8, 4) is 11.5 Å². The molecule has 0 saturated carbocycles. The Morgan fingerprint density at radius 3 is 2.57 bits per heavy atom. The van der Waals surface area contributed by atoms with Crippen LogP contribution in [0.15, 0.2) is 48.5 Å². The second-order valence-corrected chi connectivity index (χ2v) is 5.09. The Hall–Kier alpha value is -2.56. The van der Waals surface area contributed by atoms with Crippen LogP contribution in [0.25, 0.3) is 0 Å². The fraction of sp³-hybridized carbons (Fsp3) is 0.278. The molecule has 0 bridgehead atoms. The summed E-state index contributed by atoms with van der Waals surface area (Å²) in [6.45, 7) is 0.361. The number of halogens is 1. The molecule has 0 saturated heterocycles. The van der Waals surface area contributed by atoms with E-state index in [2.05, 4.69) is 0 Å². The third-order valence-corrected chi connectivity index (χ3v) is 3.51. The third kappa shape index (κ3) is 4.71. The fourth-order valence-corrected chi connectivity index (χ4v) is 2.36. The molecule has 122 valence electrons. The highest BCUT2D eigenvalue weighted by molar-refractivity contribution is 5.76. The molecule has 0 aliphatic carbocycles. The summed E-state index contributed by atoms with van der Waals surface area (Å²) in [7, 11) is 1.56. The van der Waals surface area contributed by atoms with Gasteiger partial charge in [-0.25, -0.2) is 4.39 Å². The van der Waals surface area contributed by atoms with Crippen molar-refractivity contribution in [1.82, 2.24) is 0 Å². The van der Waals surface area contributed by atoms with Crippen molar-refractivity contribution in [3.05, 3.63) is 59.9 Å². The normalized spacial score (nSPS) is 11.7. The Labute approximate surface area is 134 Å². The molecule has 0 aliphatic rings. The molecule has 1 atom stereocenters. The first-order valence-corrected chi connectivity index (χ1v) is 7.36. The smallest absolute Gasteiger partial charge is 0.310 e. The Bertz CT molecular complexity index is 657. The summed E-state index contributed by atoms with van der Waals surface area (Å²) >= 11 is 0. The molecule has 0 amide bonds. The van der Waals surface area contributed by atoms with Gasteiger partial charge in [0.2, 0.25) is 0 Å². The molecule has 1 unspecified atom stereocenters. The van der Waals surface area contributed by atoms with E-state index in [1.165, 1.54) is 18.2 Å². The number of carboxylic acid groups (broad SMARTS) is 1. The largest absolute Gasteiger partial charge is 0.493 e. The minimum absolute atomic E-state index is 0.361. The van der Waals surface area contributed by atoms with Crippen molar-refractivity contribution in [2.45, 2.75) is 18.8 Å². The summed E-state index contributed by atoms with van der Waals surface area (Å²) in [6.07, 6.45) is 0.902. The predicted molar refractivity (Wildman–Crippen MR) is 84.5 cm³/mol. The zero-order valence-corrected chi connectivity index (χ0v) is 12.9. The van der Waals surface area contributed by atoms with E-state index < -0.39 is 17.7 Å². The highest BCUT2D eigenvalue weighted by Gasteiger charge is 2.20. The van der Waals surface area contributed by atoms with Gasteiger partial charge >= 0.3 is 5.97 Å². The molecule has 4 nitrogen and oxygen atoms in total. The molecule has 0 radical (unpaired) electrons. The minimum atomic E-state index is -0.965. The number of aliphatic carboxylic acids is 1. The van der Waals surface area contributed by atoms with Crippen molar-refractivity contribution in [2.24, 2.45) is 0 Å². The molecule has 23 heavy (non-hydrogen) atoms. The maximum absolute atomic E-state index is 13.3. The van der Waals surface area contributed by atoms with Gasteiger partial charge in [-0.1, -0.05) is 24.3 Å². The molecule has 0 spiro atoms. The molecule has 0 fully saturated rings. The summed E-state index contributed by atoms with van der Waals surface area (Å²) in [5.74, 6) is -0.890. The average Bonchev–Trinajstić information content (AvgIpc) is 2.54. The first-order chi connectivity index (χ1) is 11.1. The van der Waals surface area contributed by atoms with Crippen molar-refractivity contribution in [1.29, 1.82) is 0 Å². The van der Waals surface area contributed by atoms with Crippen LogP contribution in [-0.2, 0) is 4.79 Å². The highest BCUT2D eigenvalue weighted by atomic mass is 19.1. The van der Waals surface area contributed by atoms with Crippen LogP contribution in [0.3, 0.4) is 0 Å². The zero-order chi connectivity index (χ0) is 16.7. The lowest BCUT2D eigenvalue weighted by Crippen LogP contribution is -2.13. The standard InChI is InChI=1S/C18H19FO4/c1-22-16-9-2-3-10-17(16)23-11-5-8-15(18(20)21)13-6-4-7-14(19)12-13/h2-4,6-7,9-10,12,15H,5,8,11H2,1H3,(H,20,21). The SMILES string of the molecule is COc1ccccc1OCCCC(C(=O)O)c1cccc(F)c1. The van der Waals surface area contributed by atoms with Gasteiger partial charge in [0.15, 0.2) is 11.5 Å². The zero-order valence-electron chi connectivity index (χ0n) is 12.9. The van der Waals surface area contributed by atoms with Gasteiger partial charge in [-0.2, -0.15) is 0 Å². The van der Waals surface area contributed by atoms with Gasteiger partial charge in [-0.05, 0) is 42.7 Å². The molecule has 2 aromatic rings. The van der Waals surface area contributed by atoms with Crippen LogP contribution in [-0.4, -0.2) is 24.8 Å². The summed E-state index contributed by atoms with van der Waals surface area (Å²) < 4.78 is 24.1. The summed E-state index contributed by atoms with van der Waals surface area (Å²) in [6, 6.07) is 13.0. The Balaban J connectivity index is 1.91. The monoisotopic (exact) mass is 318 g/mol. The molecule has 0 aliphatic heterocycles. The van der Waals surface area contributed by atoms with E-state index in [-0.39, 0.29) is 0 Å². The van der Waals surface area contributed by atoms with Crippen LogP contribution in [0.4, 0.5) is 4.39 Å². The Morgan fingerprint density at radius 2 is 1.91 bits per heavy atom. The van der Waals surface area contributed by atoms with Gasteiger partial charge in [-0.15, -0.1) is 0 Å². The van der Waals surface area contributed by atoms with Crippen LogP contribution < -0.4 is 9.47 Å². The third-order valence-electron chi connectivity index (χ3n) is 3.51. The second kappa shape index (κ2) is 8.17. The highest BCUT2D eigenvalue weighted by Crippen LogP contribution is 2.27. The quantitative estimate of drug-likeness (QED) is 0.751. The van der Waals surface area contributed by atoms with Crippen molar-refractivity contribution in [2.75, 3.05) is 13.7 Å². The number of carboxylic acids is 1. The van der Waals surface area contributed by atoms with Crippen LogP contribution >= 0.6 is 0 Å². The summed E-state index contributed by atoms with van der Waals surface area (Å²) in [4.78, 5) is 11.4. The summed E-state index contributed by atoms with van der Waals surface area (Å²) in [5, 5.41) is 9.33. The van der Waals surface area contributed by atoms with Gasteiger partial charge in [0.05, 0.1) is 19.6 Å². The molecule has 0 aromatic heterocycles. The predicted octanol–water partition coefficient (Wildman–Crippen LogP) is 3.86. The van der Waals surface area contributed by atoms with Crippen LogP contribution in [0.1, 0.15) is 24.3 Å². The van der Waals surface area contributed by atoms with E-state index in [1.807, 2.05) is 12.1 Å². The average molecular weight is 318 g/mol. The lowest BCUT2D eigenvalue weighted by molar-refractivity contribution is -0.139. The molecule has 0 heterocycles. The van der Waals surface area contributed by atoms with Crippen molar-refractivity contribution >= 4 is 5.97 Å². The number of rotatable bonds is 8. The number of carbonyl (C=O) groups is 1. The first kappa shape index (κ1) is 16.8. The number of ether oxygens (including phenoxy) is 2. The maximum Gasteiger partial charge on any atom is 0.310 e. The summed E-state index contributed by atoms with van der Waals surface area (Å²) in [5.41, 5.74) is 0.467. The Morgan fingerprint density at radius 1 is 1.17 bits per heavy atom. The number of hydrogen-bond donors (Lipinski definition) is 1. The van der Waals surface area contributed by atoms with Gasteiger partial charge in [0.25, 0.3) is 0 Å². The van der Waals surface area contributed by atoms with E-state index in [9.17, 15) is 14.3 Å². The van der Waals surface area contributed by atoms with E-state index in [4.69, 9.17) is 9.47 Å². The lowest BCUT2D eigenvalue weighted by Gasteiger charge is -2.14. The molecular formula is C18H19FO4. The molecule has 1 N–H and O–H groups in total. The van der Waals surface area contributed by atoms with Crippen molar-refractivity contribution < 1.29 is 23.8 Å². The number of para-hydroxylation sites is 2. The van der Waals surface area contributed by atoms with Crippen LogP contribution in [0, 0.1) is 5.82 Å². The van der Waals surface area contributed by atoms with Crippen LogP contribution in [0.5, 0.6) is 11.5 Å². The van der Waals surface area contributed by atoms with Crippen LogP contribution in [0.2, 0.25) is 0 Å². The van der Waals surface area contributed by atoms with Gasteiger partial charge < -0.3 is 14.6 Å². The molecule has 2 aromatic carbocycles. The van der Waals surface area contributed by atoms with E-state index >= 15 is 0 Å². The minimum Gasteiger partial charge on any atom is -0.493 e. The van der Waals surface area contributed by atoms with Gasteiger partial charge in [0.1, 0.15) is 5.82 Å². The van der Waals surface area contributed by atoms with E-state index in [0.29, 0.717) is 36.5 Å². The molecule has 2 rings (SSSR count). The Kier molecular flexibility index (Phi) is 5.97.